The van der Waals surface area contributed by atoms with Crippen molar-refractivity contribution in [2.75, 3.05) is 20.3 Å². The first kappa shape index (κ1) is 24.4. The van der Waals surface area contributed by atoms with Gasteiger partial charge in [-0.05, 0) is 49.2 Å². The number of benzene rings is 2. The van der Waals surface area contributed by atoms with E-state index in [1.807, 2.05) is 57.2 Å². The maximum Gasteiger partial charge on any atom is 0.371 e. The summed E-state index contributed by atoms with van der Waals surface area (Å²) in [4.78, 5) is 13.0. The highest BCUT2D eigenvalue weighted by Gasteiger charge is 2.47. The highest BCUT2D eigenvalue weighted by Crippen LogP contribution is 2.59. The lowest BCUT2D eigenvalue weighted by molar-refractivity contribution is -0.152. The van der Waals surface area contributed by atoms with Crippen LogP contribution in [-0.2, 0) is 23.1 Å². The van der Waals surface area contributed by atoms with Gasteiger partial charge in [0.25, 0.3) is 0 Å². The second-order valence-corrected chi connectivity index (χ2v) is 10.3. The molecule has 0 aromatic heterocycles. The fourth-order valence-corrected chi connectivity index (χ4v) is 5.48. The number of carbonyl (C=O) groups is 1. The van der Waals surface area contributed by atoms with Crippen molar-refractivity contribution in [3.8, 4) is 5.75 Å². The van der Waals surface area contributed by atoms with Gasteiger partial charge in [0.1, 0.15) is 5.75 Å². The standard InChI is InChI=1S/C23H33O6P/c1-8-27-30(25,28-9-2)22(23(4,5)6)29-21(24)16(3)17-10-11-19-15-20(26-7)13-12-18(19)14-17/h10-16,22H,8-9H2,1-7H3/t16-,22+/m1/s1. The van der Waals surface area contributed by atoms with Gasteiger partial charge < -0.3 is 18.5 Å². The quantitative estimate of drug-likeness (QED) is 0.348. The van der Waals surface area contributed by atoms with E-state index in [9.17, 15) is 9.36 Å². The zero-order valence-corrected chi connectivity index (χ0v) is 19.8. The Morgan fingerprint density at radius 2 is 1.57 bits per heavy atom. The van der Waals surface area contributed by atoms with Gasteiger partial charge in [0.2, 0.25) is 5.85 Å². The van der Waals surface area contributed by atoms with Gasteiger partial charge in [-0.2, -0.15) is 0 Å². The minimum atomic E-state index is -3.64. The van der Waals surface area contributed by atoms with Crippen molar-refractivity contribution >= 4 is 24.3 Å². The van der Waals surface area contributed by atoms with Crippen molar-refractivity contribution in [1.29, 1.82) is 0 Å². The first-order valence-corrected chi connectivity index (χ1v) is 11.8. The third-order valence-corrected chi connectivity index (χ3v) is 7.49. The molecule has 166 valence electrons. The molecule has 0 N–H and O–H groups in total. The number of carbonyl (C=O) groups excluding carboxylic acids is 1. The van der Waals surface area contributed by atoms with Crippen molar-refractivity contribution in [2.45, 2.75) is 53.3 Å². The molecule has 0 unspecified atom stereocenters. The predicted molar refractivity (Wildman–Crippen MR) is 119 cm³/mol. The molecule has 2 rings (SSSR count). The Balaban J connectivity index is 2.30. The Labute approximate surface area is 179 Å². The molecule has 0 aliphatic heterocycles. The minimum Gasteiger partial charge on any atom is -0.497 e. The summed E-state index contributed by atoms with van der Waals surface area (Å²) in [5.74, 6) is -1.25. The first-order chi connectivity index (χ1) is 14.1. The van der Waals surface area contributed by atoms with Crippen LogP contribution in [0, 0.1) is 5.41 Å². The molecule has 0 aliphatic rings. The van der Waals surface area contributed by atoms with Crippen molar-refractivity contribution in [3.05, 3.63) is 42.0 Å². The minimum absolute atomic E-state index is 0.200. The molecule has 0 amide bonds. The molecule has 30 heavy (non-hydrogen) atoms. The highest BCUT2D eigenvalue weighted by molar-refractivity contribution is 7.54. The molecule has 2 aromatic carbocycles. The van der Waals surface area contributed by atoms with E-state index >= 15 is 0 Å². The van der Waals surface area contributed by atoms with Gasteiger partial charge in [-0.1, -0.05) is 45.0 Å². The smallest absolute Gasteiger partial charge is 0.371 e. The van der Waals surface area contributed by atoms with E-state index in [-0.39, 0.29) is 13.2 Å². The largest absolute Gasteiger partial charge is 0.497 e. The fraction of sp³-hybridized carbons (Fsp3) is 0.522. The third-order valence-electron chi connectivity index (χ3n) is 4.80. The van der Waals surface area contributed by atoms with Crippen LogP contribution in [-0.4, -0.2) is 32.1 Å². The fourth-order valence-electron chi connectivity index (χ4n) is 3.23. The summed E-state index contributed by atoms with van der Waals surface area (Å²) in [5, 5.41) is 2.01. The zero-order valence-electron chi connectivity index (χ0n) is 18.9. The molecule has 0 saturated carbocycles. The third kappa shape index (κ3) is 5.63. The van der Waals surface area contributed by atoms with Gasteiger partial charge in [-0.3, -0.25) is 9.36 Å². The first-order valence-electron chi connectivity index (χ1n) is 10.2. The molecule has 0 bridgehead atoms. The second kappa shape index (κ2) is 9.95. The molecule has 0 fully saturated rings. The lowest BCUT2D eigenvalue weighted by Crippen LogP contribution is -2.34. The summed E-state index contributed by atoms with van der Waals surface area (Å²) in [7, 11) is -2.01. The molecule has 7 heteroatoms. The van der Waals surface area contributed by atoms with Crippen molar-refractivity contribution in [2.24, 2.45) is 5.41 Å². The number of esters is 1. The summed E-state index contributed by atoms with van der Waals surface area (Å²) in [6, 6.07) is 11.6. The van der Waals surface area contributed by atoms with Crippen LogP contribution in [0.3, 0.4) is 0 Å². The van der Waals surface area contributed by atoms with E-state index in [1.165, 1.54) is 0 Å². The van der Waals surface area contributed by atoms with Crippen LogP contribution in [0.5, 0.6) is 5.75 Å². The SMILES string of the molecule is CCOP(=O)(OCC)[C@H](OC(=O)[C@H](C)c1ccc2cc(OC)ccc2c1)C(C)(C)C. The van der Waals surface area contributed by atoms with Crippen LogP contribution >= 0.6 is 7.60 Å². The van der Waals surface area contributed by atoms with Crippen molar-refractivity contribution in [1.82, 2.24) is 0 Å². The van der Waals surface area contributed by atoms with Gasteiger partial charge in [-0.15, -0.1) is 0 Å². The molecular weight excluding hydrogens is 403 g/mol. The van der Waals surface area contributed by atoms with Crippen molar-refractivity contribution < 1.29 is 27.9 Å². The molecular formula is C23H33O6P. The van der Waals surface area contributed by atoms with Gasteiger partial charge in [-0.25, -0.2) is 0 Å². The summed E-state index contributed by atoms with van der Waals surface area (Å²) in [6.45, 7) is 11.2. The normalized spacial score (nSPS) is 14.4. The van der Waals surface area contributed by atoms with Gasteiger partial charge in [0, 0.05) is 5.41 Å². The number of methoxy groups -OCH3 is 1. The second-order valence-electron chi connectivity index (χ2n) is 8.22. The maximum absolute atomic E-state index is 13.4. The van der Waals surface area contributed by atoms with Crippen LogP contribution in [0.4, 0.5) is 0 Å². The number of ether oxygens (including phenoxy) is 2. The highest BCUT2D eigenvalue weighted by atomic mass is 31.2. The molecule has 6 nitrogen and oxygen atoms in total. The van der Waals surface area contributed by atoms with E-state index < -0.39 is 30.7 Å². The molecule has 2 atom stereocenters. The Kier molecular flexibility index (Phi) is 8.09. The van der Waals surface area contributed by atoms with Crippen LogP contribution in [0.25, 0.3) is 10.8 Å². The van der Waals surface area contributed by atoms with E-state index in [0.29, 0.717) is 0 Å². The van der Waals surface area contributed by atoms with Crippen molar-refractivity contribution in [3.63, 3.8) is 0 Å². The van der Waals surface area contributed by atoms with Crippen LogP contribution in [0.1, 0.15) is 53.0 Å². The average molecular weight is 436 g/mol. The summed E-state index contributed by atoms with van der Waals surface area (Å²) >= 11 is 0. The number of fused-ring (bicyclic) bond motifs is 1. The van der Waals surface area contributed by atoms with E-state index in [0.717, 1.165) is 22.1 Å². The number of hydrogen-bond acceptors (Lipinski definition) is 6. The Morgan fingerprint density at radius 3 is 2.10 bits per heavy atom. The number of hydrogen-bond donors (Lipinski definition) is 0. The van der Waals surface area contributed by atoms with Gasteiger partial charge in [0.05, 0.1) is 26.2 Å². The molecule has 0 spiro atoms. The Hall–Kier alpha value is -1.88. The lowest BCUT2D eigenvalue weighted by Gasteiger charge is -2.35. The monoisotopic (exact) mass is 436 g/mol. The zero-order chi connectivity index (χ0) is 22.5. The van der Waals surface area contributed by atoms with E-state index in [2.05, 4.69) is 0 Å². The molecule has 0 aliphatic carbocycles. The molecule has 0 saturated heterocycles. The molecule has 0 radical (unpaired) electrons. The molecule has 0 heterocycles. The topological polar surface area (TPSA) is 71.1 Å². The Bertz CT molecular complexity index is 908. The van der Waals surface area contributed by atoms with Crippen LogP contribution in [0.15, 0.2) is 36.4 Å². The lowest BCUT2D eigenvalue weighted by atomic mass is 9.96. The van der Waals surface area contributed by atoms with E-state index in [4.69, 9.17) is 18.5 Å². The summed E-state index contributed by atoms with van der Waals surface area (Å²) in [5.41, 5.74) is 0.183. The maximum atomic E-state index is 13.4. The van der Waals surface area contributed by atoms with Crippen LogP contribution < -0.4 is 4.74 Å². The van der Waals surface area contributed by atoms with E-state index in [1.54, 1.807) is 27.9 Å². The molecule has 2 aromatic rings. The number of rotatable bonds is 9. The average Bonchev–Trinajstić information content (AvgIpc) is 2.69. The predicted octanol–water partition coefficient (Wildman–Crippen LogP) is 6.13. The van der Waals surface area contributed by atoms with Crippen LogP contribution in [0.2, 0.25) is 0 Å². The van der Waals surface area contributed by atoms with Gasteiger partial charge in [0.15, 0.2) is 0 Å². The summed E-state index contributed by atoms with van der Waals surface area (Å²) in [6.07, 6.45) is 0. The Morgan fingerprint density at radius 1 is 1.00 bits per heavy atom. The summed E-state index contributed by atoms with van der Waals surface area (Å²) < 4.78 is 35.3. The van der Waals surface area contributed by atoms with Gasteiger partial charge >= 0.3 is 13.6 Å².